The summed E-state index contributed by atoms with van der Waals surface area (Å²) in [5.74, 6) is 0.907. The molecule has 2 aromatic heterocycles. The smallest absolute Gasteiger partial charge is 0.173 e. The van der Waals surface area contributed by atoms with Crippen LogP contribution in [0.15, 0.2) is 46.4 Å². The van der Waals surface area contributed by atoms with Crippen molar-refractivity contribution in [3.8, 4) is 11.3 Å². The van der Waals surface area contributed by atoms with E-state index >= 15 is 0 Å². The average molecular weight is 316 g/mol. The van der Waals surface area contributed by atoms with Crippen LogP contribution >= 0.6 is 23.3 Å². The Kier molecular flexibility index (Phi) is 4.67. The number of aryl methyl sites for hydroxylation is 1. The van der Waals surface area contributed by atoms with Crippen LogP contribution in [-0.4, -0.2) is 19.2 Å². The standard InChI is InChI=1S/C15H16N4S2/c1-2-3-9-14-16-11-19(18-14)21-15-17-13(10-20-15)12-7-5-4-6-8-12/h4-8,10-11H,2-3,9H2,1H3. The molecule has 6 heteroatoms. The van der Waals surface area contributed by atoms with Crippen molar-refractivity contribution in [1.29, 1.82) is 0 Å². The first-order valence-corrected chi connectivity index (χ1v) is 8.60. The van der Waals surface area contributed by atoms with Crippen molar-refractivity contribution in [1.82, 2.24) is 19.2 Å². The van der Waals surface area contributed by atoms with Gasteiger partial charge in [-0.3, -0.25) is 0 Å². The number of hydrogen-bond donors (Lipinski definition) is 0. The molecule has 0 aliphatic rings. The maximum absolute atomic E-state index is 4.64. The van der Waals surface area contributed by atoms with Gasteiger partial charge >= 0.3 is 0 Å². The third-order valence-corrected chi connectivity index (χ3v) is 4.75. The number of benzene rings is 1. The first-order valence-electron chi connectivity index (χ1n) is 6.95. The van der Waals surface area contributed by atoms with E-state index in [1.807, 2.05) is 18.2 Å². The van der Waals surface area contributed by atoms with Crippen LogP contribution in [0.1, 0.15) is 25.6 Å². The molecule has 1 aromatic carbocycles. The highest BCUT2D eigenvalue weighted by Gasteiger charge is 2.07. The van der Waals surface area contributed by atoms with Gasteiger partial charge in [0.05, 0.1) is 5.69 Å². The highest BCUT2D eigenvalue weighted by molar-refractivity contribution is 7.99. The van der Waals surface area contributed by atoms with E-state index in [-0.39, 0.29) is 0 Å². The fourth-order valence-electron chi connectivity index (χ4n) is 1.90. The zero-order valence-corrected chi connectivity index (χ0v) is 13.4. The molecular formula is C15H16N4S2. The molecule has 0 saturated heterocycles. The fourth-order valence-corrected chi connectivity index (χ4v) is 3.52. The third kappa shape index (κ3) is 3.71. The molecule has 21 heavy (non-hydrogen) atoms. The Labute approximate surface area is 132 Å². The van der Waals surface area contributed by atoms with E-state index in [9.17, 15) is 0 Å². The van der Waals surface area contributed by atoms with Gasteiger partial charge < -0.3 is 0 Å². The Morgan fingerprint density at radius 1 is 1.24 bits per heavy atom. The molecule has 0 atom stereocenters. The molecule has 3 aromatic rings. The van der Waals surface area contributed by atoms with Gasteiger partial charge in [0, 0.05) is 29.3 Å². The first kappa shape index (κ1) is 14.3. The number of nitrogens with zero attached hydrogens (tertiary/aromatic N) is 4. The van der Waals surface area contributed by atoms with Crippen LogP contribution < -0.4 is 0 Å². The molecule has 0 spiro atoms. The Morgan fingerprint density at radius 3 is 2.90 bits per heavy atom. The highest BCUT2D eigenvalue weighted by atomic mass is 32.2. The molecule has 0 aliphatic carbocycles. The average Bonchev–Trinajstić information content (AvgIpc) is 3.16. The molecule has 0 bridgehead atoms. The number of aromatic nitrogens is 4. The first-order chi connectivity index (χ1) is 10.3. The number of unbranched alkanes of at least 4 members (excludes halogenated alkanes) is 1. The van der Waals surface area contributed by atoms with E-state index in [0.717, 1.165) is 40.7 Å². The maximum Gasteiger partial charge on any atom is 0.173 e. The van der Waals surface area contributed by atoms with Crippen molar-refractivity contribution in [3.63, 3.8) is 0 Å². The lowest BCUT2D eigenvalue weighted by Crippen LogP contribution is -1.91. The van der Waals surface area contributed by atoms with Crippen molar-refractivity contribution >= 4 is 23.3 Å². The normalized spacial score (nSPS) is 10.9. The maximum atomic E-state index is 4.64. The second kappa shape index (κ2) is 6.87. The third-order valence-electron chi connectivity index (χ3n) is 3.00. The summed E-state index contributed by atoms with van der Waals surface area (Å²) in [6.07, 6.45) is 5.00. The van der Waals surface area contributed by atoms with Gasteiger partial charge in [-0.2, -0.15) is 4.09 Å². The van der Waals surface area contributed by atoms with Gasteiger partial charge in [0.2, 0.25) is 0 Å². The van der Waals surface area contributed by atoms with Gasteiger partial charge in [-0.05, 0) is 6.42 Å². The van der Waals surface area contributed by atoms with E-state index in [2.05, 4.69) is 39.5 Å². The zero-order valence-electron chi connectivity index (χ0n) is 11.8. The van der Waals surface area contributed by atoms with Gasteiger partial charge in [0.1, 0.15) is 6.33 Å². The van der Waals surface area contributed by atoms with Crippen LogP contribution in [0.4, 0.5) is 0 Å². The monoisotopic (exact) mass is 316 g/mol. The molecule has 0 N–H and O–H groups in total. The van der Waals surface area contributed by atoms with Gasteiger partial charge in [-0.25, -0.2) is 9.97 Å². The quantitative estimate of drug-likeness (QED) is 0.680. The molecule has 4 nitrogen and oxygen atoms in total. The summed E-state index contributed by atoms with van der Waals surface area (Å²) >= 11 is 3.14. The highest BCUT2D eigenvalue weighted by Crippen LogP contribution is 2.28. The molecule has 0 saturated carbocycles. The molecule has 0 unspecified atom stereocenters. The predicted octanol–water partition coefficient (Wildman–Crippen LogP) is 4.30. The largest absolute Gasteiger partial charge is 0.228 e. The molecule has 0 radical (unpaired) electrons. The van der Waals surface area contributed by atoms with E-state index in [1.54, 1.807) is 21.8 Å². The minimum atomic E-state index is 0.907. The Bertz CT molecular complexity index is 691. The number of hydrogen-bond acceptors (Lipinski definition) is 5. The van der Waals surface area contributed by atoms with Crippen LogP contribution in [0.2, 0.25) is 0 Å². The molecule has 108 valence electrons. The van der Waals surface area contributed by atoms with E-state index < -0.39 is 0 Å². The molecular weight excluding hydrogens is 300 g/mol. The summed E-state index contributed by atoms with van der Waals surface area (Å²) in [5.41, 5.74) is 2.15. The topological polar surface area (TPSA) is 43.6 Å². The van der Waals surface area contributed by atoms with Crippen LogP contribution in [-0.2, 0) is 6.42 Å². The second-order valence-corrected chi connectivity index (χ2v) is 6.68. The van der Waals surface area contributed by atoms with Gasteiger partial charge in [0.25, 0.3) is 0 Å². The molecule has 0 aliphatic heterocycles. The van der Waals surface area contributed by atoms with Gasteiger partial charge in [-0.15, -0.1) is 16.4 Å². The summed E-state index contributed by atoms with van der Waals surface area (Å²) in [4.78, 5) is 8.96. The number of rotatable bonds is 6. The Balaban J connectivity index is 1.68. The van der Waals surface area contributed by atoms with E-state index in [0.29, 0.717) is 0 Å². The Hall–Kier alpha value is -1.66. The molecule has 0 amide bonds. The minimum Gasteiger partial charge on any atom is -0.228 e. The van der Waals surface area contributed by atoms with Crippen molar-refractivity contribution in [2.75, 3.05) is 0 Å². The van der Waals surface area contributed by atoms with Gasteiger partial charge in [0.15, 0.2) is 10.2 Å². The lowest BCUT2D eigenvalue weighted by molar-refractivity contribution is 0.752. The molecule has 0 fully saturated rings. The van der Waals surface area contributed by atoms with Gasteiger partial charge in [-0.1, -0.05) is 43.7 Å². The summed E-state index contributed by atoms with van der Waals surface area (Å²) in [5, 5.41) is 6.54. The summed E-state index contributed by atoms with van der Waals surface area (Å²) in [6.45, 7) is 2.17. The minimum absolute atomic E-state index is 0.907. The second-order valence-electron chi connectivity index (χ2n) is 4.62. The predicted molar refractivity (Wildman–Crippen MR) is 87.4 cm³/mol. The van der Waals surface area contributed by atoms with E-state index in [4.69, 9.17) is 0 Å². The lowest BCUT2D eigenvalue weighted by Gasteiger charge is -1.95. The van der Waals surface area contributed by atoms with Crippen molar-refractivity contribution in [2.45, 2.75) is 30.5 Å². The van der Waals surface area contributed by atoms with Crippen LogP contribution in [0, 0.1) is 0 Å². The Morgan fingerprint density at radius 2 is 2.10 bits per heavy atom. The number of thiazole rings is 1. The van der Waals surface area contributed by atoms with Crippen LogP contribution in [0.5, 0.6) is 0 Å². The molecule has 3 rings (SSSR count). The fraction of sp³-hybridized carbons (Fsp3) is 0.267. The summed E-state index contributed by atoms with van der Waals surface area (Å²) in [6, 6.07) is 10.2. The van der Waals surface area contributed by atoms with Crippen molar-refractivity contribution < 1.29 is 0 Å². The SMILES string of the molecule is CCCCc1ncn(Sc2nc(-c3ccccc3)cs2)n1. The van der Waals surface area contributed by atoms with Crippen molar-refractivity contribution in [3.05, 3.63) is 47.9 Å². The lowest BCUT2D eigenvalue weighted by atomic mass is 10.2. The van der Waals surface area contributed by atoms with Crippen molar-refractivity contribution in [2.24, 2.45) is 0 Å². The zero-order chi connectivity index (χ0) is 14.5. The van der Waals surface area contributed by atoms with Crippen LogP contribution in [0.3, 0.4) is 0 Å². The summed E-state index contributed by atoms with van der Waals surface area (Å²) < 4.78 is 2.76. The van der Waals surface area contributed by atoms with E-state index in [1.165, 1.54) is 11.9 Å². The van der Waals surface area contributed by atoms with Crippen LogP contribution in [0.25, 0.3) is 11.3 Å². The molecule has 2 heterocycles. The summed E-state index contributed by atoms with van der Waals surface area (Å²) in [7, 11) is 0.